The first-order valence-electron chi connectivity index (χ1n) is 12.6. The van der Waals surface area contributed by atoms with Crippen molar-refractivity contribution in [3.63, 3.8) is 0 Å². The van der Waals surface area contributed by atoms with E-state index in [1.165, 1.54) is 27.4 Å². The number of hydrogen-bond acceptors (Lipinski definition) is 9. The highest BCUT2D eigenvalue weighted by Crippen LogP contribution is 2.39. The molecule has 13 nitrogen and oxygen atoms in total. The number of para-hydroxylation sites is 1. The monoisotopic (exact) mass is 637 g/mol. The van der Waals surface area contributed by atoms with Gasteiger partial charge in [-0.25, -0.2) is 13.1 Å². The van der Waals surface area contributed by atoms with Crippen molar-refractivity contribution in [3.05, 3.63) is 92.0 Å². The van der Waals surface area contributed by atoms with Crippen LogP contribution in [0, 0.1) is 20.2 Å². The molecule has 0 heterocycles. The number of nitro groups is 2. The van der Waals surface area contributed by atoms with E-state index in [-0.39, 0.29) is 23.5 Å². The van der Waals surface area contributed by atoms with E-state index in [1.54, 1.807) is 0 Å². The first-order valence-corrected chi connectivity index (χ1v) is 14.7. The number of nitrogens with one attached hydrogen (secondary N) is 3. The second-order valence-corrected chi connectivity index (χ2v) is 11.5. The van der Waals surface area contributed by atoms with Crippen molar-refractivity contribution in [1.29, 1.82) is 0 Å². The molecule has 0 aliphatic heterocycles. The summed E-state index contributed by atoms with van der Waals surface area (Å²) in [6.45, 7) is 1.92. The SMILES string of the molecule is CCCCCC(=O)NS(=O)(=O)c1ccccc1NC(=O)c1cc(Nc2ccc(C(F)(F)P)cc2[N+](=O)[O-])ccc1[N+](=O)[O-]. The standard InChI is InChI=1S/C26H26F2N5O8PS/c1-2-3-4-9-24(34)31-43(40,41)23-8-6-5-7-20(23)30-25(35)18-15-17(11-13-21(18)32(36)37)29-19-12-10-16(26(27,28)42)14-22(19)33(38)39/h5-8,10-15,29H,2-4,9,42H2,1H3,(H,30,35)(H,31,34). The minimum Gasteiger partial charge on any atom is -0.350 e. The second-order valence-electron chi connectivity index (χ2n) is 9.16. The number of anilines is 3. The van der Waals surface area contributed by atoms with E-state index < -0.39 is 64.7 Å². The van der Waals surface area contributed by atoms with Crippen LogP contribution < -0.4 is 15.4 Å². The molecule has 0 radical (unpaired) electrons. The number of rotatable bonds is 13. The molecular formula is C26H26F2N5O8PS. The Bertz CT molecular complexity index is 1680. The second kappa shape index (κ2) is 13.6. The normalized spacial score (nSPS) is 11.4. The van der Waals surface area contributed by atoms with Crippen LogP contribution >= 0.6 is 9.24 Å². The van der Waals surface area contributed by atoms with Gasteiger partial charge in [0.25, 0.3) is 33.0 Å². The summed E-state index contributed by atoms with van der Waals surface area (Å²) in [6, 6.07) is 10.8. The fourth-order valence-corrected chi connectivity index (χ4v) is 5.25. The summed E-state index contributed by atoms with van der Waals surface area (Å²) in [4.78, 5) is 46.4. The topological polar surface area (TPSA) is 191 Å². The van der Waals surface area contributed by atoms with Gasteiger partial charge in [0.15, 0.2) is 0 Å². The number of halogens is 2. The van der Waals surface area contributed by atoms with E-state index in [0.717, 1.165) is 49.2 Å². The van der Waals surface area contributed by atoms with Crippen LogP contribution in [0.4, 0.5) is 37.2 Å². The van der Waals surface area contributed by atoms with Crippen molar-refractivity contribution >= 4 is 59.5 Å². The highest BCUT2D eigenvalue weighted by Gasteiger charge is 2.29. The molecule has 0 aliphatic rings. The van der Waals surface area contributed by atoms with E-state index in [4.69, 9.17) is 0 Å². The highest BCUT2D eigenvalue weighted by atomic mass is 32.2. The van der Waals surface area contributed by atoms with Crippen molar-refractivity contribution in [2.24, 2.45) is 0 Å². The summed E-state index contributed by atoms with van der Waals surface area (Å²) in [6.07, 6.45) is 1.98. The lowest BCUT2D eigenvalue weighted by atomic mass is 10.1. The van der Waals surface area contributed by atoms with E-state index in [1.807, 2.05) is 11.6 Å². The summed E-state index contributed by atoms with van der Waals surface area (Å²) >= 11 is 0. The van der Waals surface area contributed by atoms with Crippen LogP contribution in [0.1, 0.15) is 48.5 Å². The average molecular weight is 638 g/mol. The fraction of sp³-hybridized carbons (Fsp3) is 0.231. The van der Waals surface area contributed by atoms with E-state index >= 15 is 0 Å². The van der Waals surface area contributed by atoms with Gasteiger partial charge in [-0.2, -0.15) is 8.78 Å². The number of hydrogen-bond donors (Lipinski definition) is 3. The number of amides is 2. The van der Waals surface area contributed by atoms with Gasteiger partial charge in [-0.3, -0.25) is 29.8 Å². The van der Waals surface area contributed by atoms with Gasteiger partial charge < -0.3 is 10.6 Å². The lowest BCUT2D eigenvalue weighted by Gasteiger charge is -2.14. The van der Waals surface area contributed by atoms with Gasteiger partial charge in [0.05, 0.1) is 15.5 Å². The first-order chi connectivity index (χ1) is 20.1. The van der Waals surface area contributed by atoms with E-state index in [9.17, 15) is 47.0 Å². The Morgan fingerprint density at radius 2 is 1.60 bits per heavy atom. The highest BCUT2D eigenvalue weighted by molar-refractivity contribution is 7.90. The van der Waals surface area contributed by atoms with Gasteiger partial charge in [-0.15, -0.1) is 0 Å². The molecule has 43 heavy (non-hydrogen) atoms. The molecule has 3 aromatic rings. The quantitative estimate of drug-likeness (QED) is 0.0898. The Labute approximate surface area is 246 Å². The Hall–Kier alpha value is -4.56. The smallest absolute Gasteiger partial charge is 0.293 e. The maximum atomic E-state index is 13.7. The van der Waals surface area contributed by atoms with Crippen molar-refractivity contribution in [3.8, 4) is 0 Å². The molecule has 1 atom stereocenters. The van der Waals surface area contributed by atoms with Crippen molar-refractivity contribution in [1.82, 2.24) is 4.72 Å². The molecule has 0 saturated heterocycles. The number of nitro benzene ring substituents is 2. The zero-order valence-corrected chi connectivity index (χ0v) is 24.5. The Morgan fingerprint density at radius 3 is 2.23 bits per heavy atom. The minimum absolute atomic E-state index is 0.0334. The first kappa shape index (κ1) is 32.9. The Morgan fingerprint density at radius 1 is 0.930 bits per heavy atom. The van der Waals surface area contributed by atoms with Crippen LogP contribution in [0.2, 0.25) is 0 Å². The van der Waals surface area contributed by atoms with Gasteiger partial charge in [0, 0.05) is 29.8 Å². The third-order valence-corrected chi connectivity index (χ3v) is 7.74. The zero-order chi connectivity index (χ0) is 31.9. The number of sulfonamides is 1. The van der Waals surface area contributed by atoms with Crippen molar-refractivity contribution in [2.45, 2.75) is 43.2 Å². The minimum atomic E-state index is -4.44. The molecular weight excluding hydrogens is 611 g/mol. The van der Waals surface area contributed by atoms with Crippen molar-refractivity contribution in [2.75, 3.05) is 10.6 Å². The number of nitrogens with zero attached hydrogens (tertiary/aromatic N) is 2. The third-order valence-electron chi connectivity index (χ3n) is 5.98. The van der Waals surface area contributed by atoms with Gasteiger partial charge in [-0.1, -0.05) is 47.2 Å². The summed E-state index contributed by atoms with van der Waals surface area (Å²) in [7, 11) is -3.17. The fourth-order valence-electron chi connectivity index (χ4n) is 3.89. The number of benzene rings is 3. The molecule has 1 unspecified atom stereocenters. The van der Waals surface area contributed by atoms with Gasteiger partial charge in [-0.05, 0) is 36.8 Å². The third kappa shape index (κ3) is 8.49. The predicted molar refractivity (Wildman–Crippen MR) is 157 cm³/mol. The summed E-state index contributed by atoms with van der Waals surface area (Å²) in [5, 5.41) is 28.1. The van der Waals surface area contributed by atoms with Crippen LogP contribution in [0.25, 0.3) is 0 Å². The molecule has 0 fully saturated rings. The Kier molecular flexibility index (Phi) is 10.4. The molecule has 3 rings (SSSR count). The van der Waals surface area contributed by atoms with E-state index in [2.05, 4.69) is 10.6 Å². The molecule has 0 saturated carbocycles. The molecule has 0 aromatic heterocycles. The van der Waals surface area contributed by atoms with Crippen LogP contribution in [-0.4, -0.2) is 30.1 Å². The molecule has 0 aliphatic carbocycles. The zero-order valence-electron chi connectivity index (χ0n) is 22.5. The largest absolute Gasteiger partial charge is 0.350 e. The summed E-state index contributed by atoms with van der Waals surface area (Å²) < 4.78 is 55.1. The molecule has 2 amide bonds. The van der Waals surface area contributed by atoms with E-state index in [0.29, 0.717) is 12.5 Å². The van der Waals surface area contributed by atoms with Crippen LogP contribution in [0.5, 0.6) is 0 Å². The van der Waals surface area contributed by atoms with Gasteiger partial charge >= 0.3 is 0 Å². The molecule has 228 valence electrons. The lowest BCUT2D eigenvalue weighted by molar-refractivity contribution is -0.385. The van der Waals surface area contributed by atoms with Gasteiger partial charge in [0.1, 0.15) is 16.1 Å². The molecule has 3 aromatic carbocycles. The molecule has 17 heteroatoms. The lowest BCUT2D eigenvalue weighted by Crippen LogP contribution is -2.31. The Balaban J connectivity index is 1.94. The summed E-state index contributed by atoms with van der Waals surface area (Å²) in [5.74, 6) is -1.85. The van der Waals surface area contributed by atoms with Crippen LogP contribution in [0.15, 0.2) is 65.6 Å². The maximum absolute atomic E-state index is 13.7. The molecule has 0 spiro atoms. The average Bonchev–Trinajstić information content (AvgIpc) is 2.92. The number of carbonyl (C=O) groups is 2. The predicted octanol–water partition coefficient (Wildman–Crippen LogP) is 5.81. The van der Waals surface area contributed by atoms with Crippen LogP contribution in [-0.2, 0) is 20.5 Å². The number of carbonyl (C=O) groups excluding carboxylic acids is 2. The van der Waals surface area contributed by atoms with Crippen LogP contribution in [0.3, 0.4) is 0 Å². The summed E-state index contributed by atoms with van der Waals surface area (Å²) in [5.41, 5.74) is -6.62. The molecule has 3 N–H and O–H groups in total. The van der Waals surface area contributed by atoms with Crippen molar-refractivity contribution < 1.29 is 36.6 Å². The number of alkyl halides is 2. The van der Waals surface area contributed by atoms with Gasteiger partial charge in [0.2, 0.25) is 5.91 Å². The molecule has 0 bridgehead atoms. The number of unbranched alkanes of at least 4 members (excludes halogenated alkanes) is 2. The maximum Gasteiger partial charge on any atom is 0.293 e.